The molecule has 0 saturated carbocycles. The van der Waals surface area contributed by atoms with Gasteiger partial charge in [0, 0.05) is 37.0 Å². The van der Waals surface area contributed by atoms with Crippen LogP contribution in [0.5, 0.6) is 11.5 Å². The van der Waals surface area contributed by atoms with Crippen LogP contribution < -0.4 is 15.2 Å². The zero-order valence-corrected chi connectivity index (χ0v) is 21.4. The zero-order chi connectivity index (χ0) is 25.8. The van der Waals surface area contributed by atoms with Crippen molar-refractivity contribution in [2.24, 2.45) is 10.9 Å². The van der Waals surface area contributed by atoms with Gasteiger partial charge in [-0.25, -0.2) is 0 Å². The number of fused-ring (bicyclic) bond motifs is 3. The number of hydrogen-bond donors (Lipinski definition) is 1. The SMILES string of the molecule is COc1ccc2c(c1OCC(N)=O)CCN1C[C@H](c3cccc(C)c3)/C(=N/OCc3ccccc3)C[C@@H]21. The molecule has 37 heavy (non-hydrogen) atoms. The lowest BCUT2D eigenvalue weighted by atomic mass is 9.79. The standard InChI is InChI=1S/C30H33N3O4/c1-20-7-6-10-22(15-20)25-17-33-14-13-24-23(11-12-28(35-2)30(24)36-19-29(31)34)27(33)16-26(25)32-37-18-21-8-4-3-5-9-21/h3-12,15,25,27H,13-14,16-19H2,1-2H3,(H2,31,34)/b32-26+/t25-,27+/m1/s1. The third kappa shape index (κ3) is 5.47. The van der Waals surface area contributed by atoms with Gasteiger partial charge in [0.05, 0.1) is 12.8 Å². The smallest absolute Gasteiger partial charge is 0.255 e. The highest BCUT2D eigenvalue weighted by atomic mass is 16.6. The van der Waals surface area contributed by atoms with Crippen molar-refractivity contribution in [1.82, 2.24) is 4.90 Å². The molecule has 2 heterocycles. The number of ether oxygens (including phenoxy) is 2. The van der Waals surface area contributed by atoms with Gasteiger partial charge in [-0.3, -0.25) is 9.69 Å². The van der Waals surface area contributed by atoms with Crippen molar-refractivity contribution >= 4 is 11.6 Å². The minimum absolute atomic E-state index is 0.130. The Morgan fingerprint density at radius 2 is 1.95 bits per heavy atom. The molecule has 2 N–H and O–H groups in total. The predicted octanol–water partition coefficient (Wildman–Crippen LogP) is 4.53. The van der Waals surface area contributed by atoms with E-state index in [4.69, 9.17) is 25.2 Å². The molecular formula is C30H33N3O4. The van der Waals surface area contributed by atoms with Crippen LogP contribution in [0.25, 0.3) is 0 Å². The number of primary amides is 1. The van der Waals surface area contributed by atoms with Crippen LogP contribution in [0.1, 0.15) is 46.2 Å². The molecule has 1 fully saturated rings. The maximum atomic E-state index is 11.4. The van der Waals surface area contributed by atoms with Gasteiger partial charge in [0.15, 0.2) is 18.1 Å². The van der Waals surface area contributed by atoms with Crippen LogP contribution in [0.2, 0.25) is 0 Å². The van der Waals surface area contributed by atoms with E-state index >= 15 is 0 Å². The van der Waals surface area contributed by atoms with Gasteiger partial charge in [-0.2, -0.15) is 0 Å². The first-order valence-electron chi connectivity index (χ1n) is 12.7. The lowest BCUT2D eigenvalue weighted by molar-refractivity contribution is -0.119. The van der Waals surface area contributed by atoms with Gasteiger partial charge in [-0.05, 0) is 36.1 Å². The Balaban J connectivity index is 1.47. The molecule has 1 amide bonds. The summed E-state index contributed by atoms with van der Waals surface area (Å²) < 4.78 is 11.4. The first-order valence-corrected chi connectivity index (χ1v) is 12.7. The predicted molar refractivity (Wildman–Crippen MR) is 143 cm³/mol. The second kappa shape index (κ2) is 11.0. The molecule has 0 aliphatic carbocycles. The van der Waals surface area contributed by atoms with Crippen LogP contribution in [-0.2, 0) is 22.7 Å². The number of benzene rings is 3. The molecule has 192 valence electrons. The first kappa shape index (κ1) is 24.8. The van der Waals surface area contributed by atoms with E-state index in [1.165, 1.54) is 16.7 Å². The summed E-state index contributed by atoms with van der Waals surface area (Å²) in [7, 11) is 1.61. The Kier molecular flexibility index (Phi) is 7.42. The fraction of sp³-hybridized carbons (Fsp3) is 0.333. The quantitative estimate of drug-likeness (QED) is 0.461. The second-order valence-electron chi connectivity index (χ2n) is 9.69. The fourth-order valence-electron chi connectivity index (χ4n) is 5.45. The van der Waals surface area contributed by atoms with Crippen molar-refractivity contribution in [1.29, 1.82) is 0 Å². The topological polar surface area (TPSA) is 86.4 Å². The van der Waals surface area contributed by atoms with Gasteiger partial charge in [0.25, 0.3) is 5.91 Å². The lowest BCUT2D eigenvalue weighted by Crippen LogP contribution is -2.45. The van der Waals surface area contributed by atoms with Crippen molar-refractivity contribution in [3.05, 3.63) is 94.5 Å². The molecule has 7 nitrogen and oxygen atoms in total. The van der Waals surface area contributed by atoms with Crippen LogP contribution >= 0.6 is 0 Å². The zero-order valence-electron chi connectivity index (χ0n) is 21.4. The number of methoxy groups -OCH3 is 1. The van der Waals surface area contributed by atoms with Crippen molar-refractivity contribution in [3.8, 4) is 11.5 Å². The van der Waals surface area contributed by atoms with Crippen LogP contribution in [0.15, 0.2) is 71.9 Å². The van der Waals surface area contributed by atoms with Gasteiger partial charge in [-0.15, -0.1) is 0 Å². The number of carbonyl (C=O) groups is 1. The van der Waals surface area contributed by atoms with Crippen LogP contribution in [-0.4, -0.2) is 43.3 Å². The Bertz CT molecular complexity index is 1290. The molecule has 3 aromatic rings. The van der Waals surface area contributed by atoms with Crippen molar-refractivity contribution in [2.75, 3.05) is 26.8 Å². The number of hydrogen-bond acceptors (Lipinski definition) is 6. The largest absolute Gasteiger partial charge is 0.493 e. The highest BCUT2D eigenvalue weighted by Crippen LogP contribution is 2.45. The number of rotatable bonds is 8. The molecule has 7 heteroatoms. The average Bonchev–Trinajstić information content (AvgIpc) is 2.91. The molecule has 2 atom stereocenters. The highest BCUT2D eigenvalue weighted by molar-refractivity contribution is 5.92. The molecule has 0 spiro atoms. The summed E-state index contributed by atoms with van der Waals surface area (Å²) in [5.41, 5.74) is 12.2. The monoisotopic (exact) mass is 499 g/mol. The van der Waals surface area contributed by atoms with Crippen molar-refractivity contribution in [2.45, 2.75) is 38.3 Å². The molecule has 2 aliphatic rings. The number of nitrogens with zero attached hydrogens (tertiary/aromatic N) is 2. The summed E-state index contributed by atoms with van der Waals surface area (Å²) in [4.78, 5) is 19.9. The van der Waals surface area contributed by atoms with Gasteiger partial charge in [0.1, 0.15) is 6.61 Å². The highest BCUT2D eigenvalue weighted by Gasteiger charge is 2.39. The first-order chi connectivity index (χ1) is 18.0. The fourth-order valence-corrected chi connectivity index (χ4v) is 5.45. The third-order valence-electron chi connectivity index (χ3n) is 7.21. The summed E-state index contributed by atoms with van der Waals surface area (Å²) in [5.74, 6) is 0.859. The number of nitrogens with two attached hydrogens (primary N) is 1. The normalized spacial score (nSPS) is 20.1. The molecule has 2 aliphatic heterocycles. The van der Waals surface area contributed by atoms with Gasteiger partial charge < -0.3 is 20.0 Å². The number of oxime groups is 1. The molecular weight excluding hydrogens is 466 g/mol. The Morgan fingerprint density at radius 1 is 1.11 bits per heavy atom. The van der Waals surface area contributed by atoms with E-state index in [1.54, 1.807) is 7.11 Å². The molecule has 0 radical (unpaired) electrons. The lowest BCUT2D eigenvalue weighted by Gasteiger charge is -2.44. The summed E-state index contributed by atoms with van der Waals surface area (Å²) >= 11 is 0. The Morgan fingerprint density at radius 3 is 2.70 bits per heavy atom. The molecule has 0 aromatic heterocycles. The summed E-state index contributed by atoms with van der Waals surface area (Å²) in [6, 6.07) is 22.9. The Labute approximate surface area is 217 Å². The summed E-state index contributed by atoms with van der Waals surface area (Å²) in [6.45, 7) is 4.09. The average molecular weight is 500 g/mol. The number of aryl methyl sites for hydroxylation is 1. The number of amides is 1. The van der Waals surface area contributed by atoms with E-state index in [1.807, 2.05) is 36.4 Å². The van der Waals surface area contributed by atoms with Crippen molar-refractivity contribution in [3.63, 3.8) is 0 Å². The summed E-state index contributed by atoms with van der Waals surface area (Å²) in [5, 5.41) is 4.72. The van der Waals surface area contributed by atoms with E-state index in [9.17, 15) is 4.79 Å². The minimum atomic E-state index is -0.513. The van der Waals surface area contributed by atoms with E-state index in [-0.39, 0.29) is 18.6 Å². The molecule has 3 aromatic carbocycles. The van der Waals surface area contributed by atoms with E-state index < -0.39 is 5.91 Å². The van der Waals surface area contributed by atoms with Gasteiger partial charge in [0.2, 0.25) is 0 Å². The second-order valence-corrected chi connectivity index (χ2v) is 9.69. The maximum absolute atomic E-state index is 11.4. The maximum Gasteiger partial charge on any atom is 0.255 e. The van der Waals surface area contributed by atoms with Gasteiger partial charge in [-0.1, -0.05) is 71.4 Å². The van der Waals surface area contributed by atoms with E-state index in [0.717, 1.165) is 42.8 Å². The number of piperidine rings is 1. The molecule has 0 unspecified atom stereocenters. The van der Waals surface area contributed by atoms with E-state index in [2.05, 4.69) is 42.2 Å². The van der Waals surface area contributed by atoms with Crippen LogP contribution in [0.3, 0.4) is 0 Å². The van der Waals surface area contributed by atoms with E-state index in [0.29, 0.717) is 18.1 Å². The Hall–Kier alpha value is -3.84. The molecule has 1 saturated heterocycles. The molecule has 0 bridgehead atoms. The van der Waals surface area contributed by atoms with Gasteiger partial charge >= 0.3 is 0 Å². The van der Waals surface area contributed by atoms with Crippen LogP contribution in [0, 0.1) is 6.92 Å². The molecule has 5 rings (SSSR count). The summed E-state index contributed by atoms with van der Waals surface area (Å²) in [6.07, 6.45) is 1.54. The van der Waals surface area contributed by atoms with Crippen LogP contribution in [0.4, 0.5) is 0 Å². The van der Waals surface area contributed by atoms with Crippen molar-refractivity contribution < 1.29 is 19.1 Å². The third-order valence-corrected chi connectivity index (χ3v) is 7.21. The minimum Gasteiger partial charge on any atom is -0.493 e. The number of carbonyl (C=O) groups excluding carboxylic acids is 1.